The van der Waals surface area contributed by atoms with Crippen LogP contribution in [-0.2, 0) is 0 Å². The summed E-state index contributed by atoms with van der Waals surface area (Å²) in [6, 6.07) is 0. The van der Waals surface area contributed by atoms with Gasteiger partial charge in [0.15, 0.2) is 0 Å². The second-order valence-corrected chi connectivity index (χ2v) is 7.69. The van der Waals surface area contributed by atoms with Crippen molar-refractivity contribution in [1.82, 2.24) is 20.4 Å². The molecular weight excluding hydrogens is 748 g/mol. The van der Waals surface area contributed by atoms with Gasteiger partial charge >= 0.3 is 0 Å². The highest BCUT2D eigenvalue weighted by atomic mass is 127. The maximum atomic E-state index is 11.5. The molecule has 0 atom stereocenters. The molecule has 8 nitrogen and oxygen atoms in total. The molecule has 12 heteroatoms. The van der Waals surface area contributed by atoms with Crippen molar-refractivity contribution in [3.05, 3.63) is 0 Å². The van der Waals surface area contributed by atoms with Gasteiger partial charge in [-0.05, 0) is 0 Å². The van der Waals surface area contributed by atoms with E-state index >= 15 is 0 Å². The number of nitrogens with zero attached hydrogens (tertiary/aromatic N) is 2. The summed E-state index contributed by atoms with van der Waals surface area (Å²) in [4.78, 5) is 47.8. The molecule has 126 valence electrons. The van der Waals surface area contributed by atoms with E-state index in [0.29, 0.717) is 39.3 Å². The molecule has 0 bridgehead atoms. The molecular formula is C10H14I4N4O4. The van der Waals surface area contributed by atoms with Gasteiger partial charge in [-0.25, -0.2) is 0 Å². The summed E-state index contributed by atoms with van der Waals surface area (Å²) in [5, 5.41) is 5.22. The molecule has 0 aliphatic heterocycles. The Morgan fingerprint density at radius 2 is 0.955 bits per heavy atom. The van der Waals surface area contributed by atoms with E-state index in [2.05, 4.69) is 10.6 Å². The Hall–Kier alpha value is 0.800. The fraction of sp³-hybridized carbons (Fsp3) is 0.600. The Morgan fingerprint density at radius 3 is 1.18 bits per heavy atom. The molecule has 0 aliphatic rings. The number of hydrogen-bond acceptors (Lipinski definition) is 4. The third kappa shape index (κ3) is 12.3. The lowest BCUT2D eigenvalue weighted by molar-refractivity contribution is 0.204. The molecule has 0 aromatic heterocycles. The average Bonchev–Trinajstić information content (AvgIpc) is 2.38. The van der Waals surface area contributed by atoms with Crippen LogP contribution in [0.15, 0.2) is 0 Å². The lowest BCUT2D eigenvalue weighted by Gasteiger charge is -2.25. The van der Waals surface area contributed by atoms with Crippen molar-refractivity contribution in [3.8, 4) is 0 Å². The van der Waals surface area contributed by atoms with Gasteiger partial charge in [0.25, 0.3) is 15.7 Å². The van der Waals surface area contributed by atoms with Crippen molar-refractivity contribution in [1.29, 1.82) is 0 Å². The molecule has 0 spiro atoms. The smallest absolute Gasteiger partial charge is 0.283 e. The second-order valence-electron chi connectivity index (χ2n) is 3.88. The van der Waals surface area contributed by atoms with Crippen molar-refractivity contribution in [2.24, 2.45) is 0 Å². The van der Waals surface area contributed by atoms with Crippen molar-refractivity contribution in [2.75, 3.05) is 39.3 Å². The van der Waals surface area contributed by atoms with Crippen LogP contribution in [0.3, 0.4) is 0 Å². The van der Waals surface area contributed by atoms with Crippen LogP contribution in [0.4, 0.5) is 19.2 Å². The zero-order valence-electron chi connectivity index (χ0n) is 11.3. The highest BCUT2D eigenvalue weighted by Crippen LogP contribution is 2.04. The van der Waals surface area contributed by atoms with Crippen LogP contribution in [0.1, 0.15) is 0 Å². The first kappa shape index (κ1) is 22.8. The first-order valence-corrected chi connectivity index (χ1v) is 10.3. The summed E-state index contributed by atoms with van der Waals surface area (Å²) in [5.41, 5.74) is 0. The molecule has 2 N–H and O–H groups in total. The highest BCUT2D eigenvalue weighted by molar-refractivity contribution is 14.1. The quantitative estimate of drug-likeness (QED) is 0.215. The molecule has 0 aromatic rings. The summed E-state index contributed by atoms with van der Waals surface area (Å²) in [6.07, 6.45) is 0. The molecule has 0 heterocycles. The molecule has 0 radical (unpaired) electrons. The van der Waals surface area contributed by atoms with E-state index in [9.17, 15) is 19.2 Å². The van der Waals surface area contributed by atoms with Gasteiger partial charge in [0.1, 0.15) is 0 Å². The third-order valence-electron chi connectivity index (χ3n) is 2.43. The van der Waals surface area contributed by atoms with Crippen LogP contribution in [0.25, 0.3) is 0 Å². The minimum Gasteiger partial charge on any atom is -0.346 e. The Bertz CT molecular complexity index is 386. The van der Waals surface area contributed by atoms with Gasteiger partial charge in [-0.1, -0.05) is 0 Å². The van der Waals surface area contributed by atoms with Crippen LogP contribution in [0.2, 0.25) is 0 Å². The molecule has 0 saturated heterocycles. The minimum absolute atomic E-state index is 0.151. The van der Waals surface area contributed by atoms with E-state index in [1.165, 1.54) is 0 Å². The number of carbonyl (C=O) groups is 4. The van der Waals surface area contributed by atoms with Crippen molar-refractivity contribution in [2.45, 2.75) is 0 Å². The van der Waals surface area contributed by atoms with E-state index in [1.807, 2.05) is 0 Å². The van der Waals surface area contributed by atoms with E-state index in [4.69, 9.17) is 0 Å². The van der Waals surface area contributed by atoms with E-state index in [-0.39, 0.29) is 15.7 Å². The molecule has 0 aromatic carbocycles. The third-order valence-corrected chi connectivity index (χ3v) is 4.56. The summed E-state index contributed by atoms with van der Waals surface area (Å²) in [5.74, 6) is 0. The summed E-state index contributed by atoms with van der Waals surface area (Å²) in [7, 11) is 0. The fourth-order valence-corrected chi connectivity index (χ4v) is 2.90. The van der Waals surface area contributed by atoms with E-state index < -0.39 is 0 Å². The highest BCUT2D eigenvalue weighted by Gasteiger charge is 2.15. The van der Waals surface area contributed by atoms with Crippen LogP contribution < -0.4 is 10.6 Å². The molecule has 0 aliphatic carbocycles. The molecule has 0 fully saturated rings. The van der Waals surface area contributed by atoms with Gasteiger partial charge in [-0.15, -0.1) is 0 Å². The van der Waals surface area contributed by atoms with Crippen LogP contribution in [0, 0.1) is 0 Å². The van der Waals surface area contributed by atoms with E-state index in [1.54, 1.807) is 100 Å². The molecule has 0 unspecified atom stereocenters. The number of carbonyl (C=O) groups excluding carboxylic acids is 4. The monoisotopic (exact) mass is 762 g/mol. The average molecular weight is 762 g/mol. The lowest BCUT2D eigenvalue weighted by atomic mass is 10.4. The Kier molecular flexibility index (Phi) is 13.6. The molecule has 22 heavy (non-hydrogen) atoms. The minimum atomic E-state index is -0.183. The van der Waals surface area contributed by atoms with Crippen LogP contribution in [-0.4, -0.2) is 64.7 Å². The van der Waals surface area contributed by atoms with Gasteiger partial charge in [-0.3, -0.25) is 19.2 Å². The second kappa shape index (κ2) is 13.1. The van der Waals surface area contributed by atoms with Crippen LogP contribution in [0.5, 0.6) is 0 Å². The van der Waals surface area contributed by atoms with Crippen molar-refractivity contribution < 1.29 is 19.2 Å². The molecule has 0 rings (SSSR count). The Labute approximate surface area is 182 Å². The molecule has 4 amide bonds. The standard InChI is InChI=1S/C10H14I4N4O4/c11-7(19)15-1-3-17(9(13)21)5-6-18(10(14)22)4-2-16-8(12)20/h1-6H2,(H,15,19)(H,16,20). The molecule has 0 saturated carbocycles. The predicted molar refractivity (Wildman–Crippen MR) is 117 cm³/mol. The number of amides is 4. The number of hydrogen-bond donors (Lipinski definition) is 2. The summed E-state index contributed by atoms with van der Waals surface area (Å²) < 4.78 is -0.669. The van der Waals surface area contributed by atoms with Gasteiger partial charge in [-0.2, -0.15) is 0 Å². The van der Waals surface area contributed by atoms with Gasteiger partial charge in [0, 0.05) is 130 Å². The number of nitrogens with one attached hydrogen (secondary N) is 2. The van der Waals surface area contributed by atoms with Crippen LogP contribution >= 0.6 is 90.4 Å². The Balaban J connectivity index is 4.31. The van der Waals surface area contributed by atoms with Gasteiger partial charge in [0.05, 0.1) is 0 Å². The SMILES string of the molecule is O=C(I)NCCN(CCN(CCNC(=O)I)C(=O)I)C(=O)I. The zero-order chi connectivity index (χ0) is 17.1. The largest absolute Gasteiger partial charge is 0.346 e. The first-order chi connectivity index (χ1) is 10.2. The zero-order valence-corrected chi connectivity index (χ0v) is 19.9. The van der Waals surface area contributed by atoms with Gasteiger partial charge in [0.2, 0.25) is 0 Å². The van der Waals surface area contributed by atoms with E-state index in [0.717, 1.165) is 0 Å². The summed E-state index contributed by atoms with van der Waals surface area (Å²) >= 11 is 6.59. The predicted octanol–water partition coefficient (Wildman–Crippen LogP) is 2.99. The summed E-state index contributed by atoms with van der Waals surface area (Å²) in [6.45, 7) is 2.21. The first-order valence-electron chi connectivity index (χ1n) is 5.99. The number of rotatable bonds is 9. The normalized spacial score (nSPS) is 9.82. The van der Waals surface area contributed by atoms with Gasteiger partial charge < -0.3 is 20.4 Å². The number of halogens is 4. The fourth-order valence-electron chi connectivity index (χ4n) is 1.39. The Morgan fingerprint density at radius 1 is 0.636 bits per heavy atom. The van der Waals surface area contributed by atoms with Crippen molar-refractivity contribution in [3.63, 3.8) is 0 Å². The topological polar surface area (TPSA) is 98.8 Å². The lowest BCUT2D eigenvalue weighted by Crippen LogP contribution is -2.42. The maximum Gasteiger partial charge on any atom is 0.283 e. The maximum absolute atomic E-state index is 11.5. The van der Waals surface area contributed by atoms with Crippen molar-refractivity contribution >= 4 is 106 Å².